The molecular weight excluding hydrogens is 376 g/mol. The van der Waals surface area contributed by atoms with Crippen molar-refractivity contribution in [1.82, 2.24) is 15.3 Å². The molecule has 2 heterocycles. The summed E-state index contributed by atoms with van der Waals surface area (Å²) in [5.74, 6) is -0.705. The zero-order valence-electron chi connectivity index (χ0n) is 16.4. The van der Waals surface area contributed by atoms with E-state index in [4.69, 9.17) is 0 Å². The molecule has 6 heteroatoms. The van der Waals surface area contributed by atoms with Gasteiger partial charge < -0.3 is 15.6 Å². The van der Waals surface area contributed by atoms with E-state index in [2.05, 4.69) is 26.7 Å². The Labute approximate surface area is 173 Å². The lowest BCUT2D eigenvalue weighted by atomic mass is 10.1. The number of benzene rings is 2. The number of rotatable bonds is 6. The molecule has 2 unspecified atom stereocenters. The lowest BCUT2D eigenvalue weighted by Crippen LogP contribution is -2.29. The van der Waals surface area contributed by atoms with Crippen molar-refractivity contribution in [1.29, 1.82) is 0 Å². The molecule has 2 aromatic heterocycles. The van der Waals surface area contributed by atoms with Gasteiger partial charge in [-0.05, 0) is 36.6 Å². The highest BCUT2D eigenvalue weighted by atomic mass is 16.2. The van der Waals surface area contributed by atoms with Gasteiger partial charge in [0.05, 0.1) is 23.0 Å². The Morgan fingerprint density at radius 1 is 1.00 bits per heavy atom. The number of aromatic nitrogens is 2. The van der Waals surface area contributed by atoms with Gasteiger partial charge in [0.15, 0.2) is 0 Å². The molecule has 1 aliphatic carbocycles. The highest BCUT2D eigenvalue weighted by Crippen LogP contribution is 2.39. The first-order valence-electron chi connectivity index (χ1n) is 10.2. The first kappa shape index (κ1) is 18.4. The van der Waals surface area contributed by atoms with Crippen molar-refractivity contribution in [2.24, 2.45) is 11.8 Å². The molecule has 1 saturated carbocycles. The molecule has 0 spiro atoms. The third-order valence-electron chi connectivity index (χ3n) is 5.72. The summed E-state index contributed by atoms with van der Waals surface area (Å²) in [5, 5.41) is 8.08. The summed E-state index contributed by atoms with van der Waals surface area (Å²) >= 11 is 0. The summed E-state index contributed by atoms with van der Waals surface area (Å²) in [4.78, 5) is 32.7. The van der Waals surface area contributed by atoms with Crippen molar-refractivity contribution in [3.8, 4) is 0 Å². The molecule has 2 aromatic carbocycles. The van der Waals surface area contributed by atoms with Crippen LogP contribution < -0.4 is 10.6 Å². The average Bonchev–Trinajstić information content (AvgIpc) is 3.49. The fourth-order valence-corrected chi connectivity index (χ4v) is 3.99. The van der Waals surface area contributed by atoms with E-state index in [9.17, 15) is 9.59 Å². The minimum atomic E-state index is -0.281. The molecule has 6 nitrogen and oxygen atoms in total. The number of hydrogen-bond donors (Lipinski definition) is 3. The zero-order chi connectivity index (χ0) is 20.5. The lowest BCUT2D eigenvalue weighted by Gasteiger charge is -2.08. The number of H-pyrrole nitrogens is 1. The molecule has 0 saturated heterocycles. The molecule has 0 radical (unpaired) electrons. The van der Waals surface area contributed by atoms with Crippen LogP contribution in [0.2, 0.25) is 0 Å². The third kappa shape index (κ3) is 3.52. The number of amides is 2. The second kappa shape index (κ2) is 7.63. The largest absolute Gasteiger partial charge is 0.361 e. The standard InChI is InChI=1S/C24H22N4O2/c29-23(26-12-10-16-14-27-20-8-2-1-7-17(16)20)18-13-19(18)24(30)28-21-9-3-5-15-6-4-11-25-22(15)21/h1-9,11,14,18-19,27H,10,12-13H2,(H,26,29)(H,28,30). The SMILES string of the molecule is O=C(NCCc1c[nH]c2ccccc12)C1CC1C(=O)Nc1cccc2cccnc12. The van der Waals surface area contributed by atoms with Crippen molar-refractivity contribution >= 4 is 39.3 Å². The fourth-order valence-electron chi connectivity index (χ4n) is 3.99. The molecule has 4 aromatic rings. The molecule has 2 amide bonds. The van der Waals surface area contributed by atoms with Crippen LogP contribution in [-0.2, 0) is 16.0 Å². The van der Waals surface area contributed by atoms with Crippen LogP contribution >= 0.6 is 0 Å². The summed E-state index contributed by atoms with van der Waals surface area (Å²) in [7, 11) is 0. The zero-order valence-corrected chi connectivity index (χ0v) is 16.4. The van der Waals surface area contributed by atoms with Gasteiger partial charge in [-0.25, -0.2) is 0 Å². The second-order valence-corrected chi connectivity index (χ2v) is 7.72. The molecular formula is C24H22N4O2. The number of aromatic amines is 1. The molecule has 1 fully saturated rings. The second-order valence-electron chi connectivity index (χ2n) is 7.72. The summed E-state index contributed by atoms with van der Waals surface area (Å²) < 4.78 is 0. The van der Waals surface area contributed by atoms with Gasteiger partial charge in [-0.3, -0.25) is 14.6 Å². The number of carbonyl (C=O) groups excluding carboxylic acids is 2. The topological polar surface area (TPSA) is 86.9 Å². The number of pyridine rings is 1. The molecule has 150 valence electrons. The Morgan fingerprint density at radius 3 is 2.77 bits per heavy atom. The minimum Gasteiger partial charge on any atom is -0.361 e. The van der Waals surface area contributed by atoms with E-state index < -0.39 is 0 Å². The van der Waals surface area contributed by atoms with E-state index in [-0.39, 0.29) is 23.7 Å². The predicted octanol–water partition coefficient (Wildman–Crippen LogP) is 3.65. The number of para-hydroxylation sites is 2. The van der Waals surface area contributed by atoms with Crippen molar-refractivity contribution in [2.45, 2.75) is 12.8 Å². The minimum absolute atomic E-state index is 0.0500. The summed E-state index contributed by atoms with van der Waals surface area (Å²) in [6.07, 6.45) is 5.03. The number of carbonyl (C=O) groups is 2. The van der Waals surface area contributed by atoms with Gasteiger partial charge in [0.2, 0.25) is 11.8 Å². The number of nitrogens with one attached hydrogen (secondary N) is 3. The first-order chi connectivity index (χ1) is 14.7. The van der Waals surface area contributed by atoms with Crippen molar-refractivity contribution < 1.29 is 9.59 Å². The van der Waals surface area contributed by atoms with Gasteiger partial charge in [-0.15, -0.1) is 0 Å². The van der Waals surface area contributed by atoms with E-state index >= 15 is 0 Å². The van der Waals surface area contributed by atoms with Crippen LogP contribution in [0.4, 0.5) is 5.69 Å². The quantitative estimate of drug-likeness (QED) is 0.463. The third-order valence-corrected chi connectivity index (χ3v) is 5.72. The van der Waals surface area contributed by atoms with E-state index in [0.717, 1.165) is 22.8 Å². The van der Waals surface area contributed by atoms with Gasteiger partial charge in [-0.1, -0.05) is 36.4 Å². The van der Waals surface area contributed by atoms with Crippen LogP contribution in [0.15, 0.2) is 67.0 Å². The van der Waals surface area contributed by atoms with E-state index in [1.54, 1.807) is 6.20 Å². The highest BCUT2D eigenvalue weighted by Gasteiger charge is 2.48. The monoisotopic (exact) mass is 398 g/mol. The van der Waals surface area contributed by atoms with Crippen molar-refractivity contribution in [2.75, 3.05) is 11.9 Å². The molecule has 5 rings (SSSR count). The van der Waals surface area contributed by atoms with Crippen LogP contribution in [0.3, 0.4) is 0 Å². The summed E-state index contributed by atoms with van der Waals surface area (Å²) in [6.45, 7) is 0.554. The van der Waals surface area contributed by atoms with Crippen LogP contribution in [0.1, 0.15) is 12.0 Å². The van der Waals surface area contributed by atoms with E-state index in [0.29, 0.717) is 18.7 Å². The highest BCUT2D eigenvalue weighted by molar-refractivity contribution is 6.04. The Morgan fingerprint density at radius 2 is 1.83 bits per heavy atom. The smallest absolute Gasteiger partial charge is 0.228 e. The van der Waals surface area contributed by atoms with E-state index in [1.807, 2.05) is 54.7 Å². The maximum absolute atomic E-state index is 12.6. The Kier molecular flexibility index (Phi) is 4.67. The number of anilines is 1. The predicted molar refractivity (Wildman–Crippen MR) is 117 cm³/mol. The van der Waals surface area contributed by atoms with Gasteiger partial charge in [0.25, 0.3) is 0 Å². The number of hydrogen-bond acceptors (Lipinski definition) is 3. The summed E-state index contributed by atoms with van der Waals surface area (Å²) in [6, 6.07) is 17.6. The van der Waals surface area contributed by atoms with Gasteiger partial charge in [0.1, 0.15) is 0 Å². The molecule has 30 heavy (non-hydrogen) atoms. The number of fused-ring (bicyclic) bond motifs is 2. The average molecular weight is 398 g/mol. The van der Waals surface area contributed by atoms with Crippen LogP contribution in [0, 0.1) is 11.8 Å². The van der Waals surface area contributed by atoms with Crippen LogP contribution in [0.5, 0.6) is 0 Å². The van der Waals surface area contributed by atoms with Crippen LogP contribution in [0.25, 0.3) is 21.8 Å². The van der Waals surface area contributed by atoms with Crippen molar-refractivity contribution in [3.05, 3.63) is 72.6 Å². The molecule has 0 bridgehead atoms. The maximum Gasteiger partial charge on any atom is 0.228 e. The van der Waals surface area contributed by atoms with Gasteiger partial charge in [0, 0.05) is 35.2 Å². The molecule has 0 aliphatic heterocycles. The van der Waals surface area contributed by atoms with Crippen molar-refractivity contribution in [3.63, 3.8) is 0 Å². The first-order valence-corrected chi connectivity index (χ1v) is 10.2. The summed E-state index contributed by atoms with van der Waals surface area (Å²) in [5.41, 5.74) is 3.72. The van der Waals surface area contributed by atoms with E-state index in [1.165, 1.54) is 10.9 Å². The van der Waals surface area contributed by atoms with Gasteiger partial charge in [-0.2, -0.15) is 0 Å². The van der Waals surface area contributed by atoms with Crippen LogP contribution in [-0.4, -0.2) is 28.3 Å². The Bertz CT molecular complexity index is 1240. The number of nitrogens with zero attached hydrogens (tertiary/aromatic N) is 1. The maximum atomic E-state index is 12.6. The Balaban J connectivity index is 1.15. The molecule has 3 N–H and O–H groups in total. The normalized spacial score (nSPS) is 17.7. The molecule has 2 atom stereocenters. The lowest BCUT2D eigenvalue weighted by molar-refractivity contribution is -0.125. The molecule has 1 aliphatic rings. The Hall–Kier alpha value is -3.67. The van der Waals surface area contributed by atoms with Gasteiger partial charge >= 0.3 is 0 Å². The fraction of sp³-hybridized carbons (Fsp3) is 0.208.